The van der Waals surface area contributed by atoms with Crippen LogP contribution in [0.25, 0.3) is 22.4 Å². The number of aromatic amines is 1. The SMILES string of the molecule is CONc1cccc(-c2nc3cc(Cl)c(Cl)cc3[nH]2)c1. The molecule has 0 aliphatic rings. The summed E-state index contributed by atoms with van der Waals surface area (Å²) in [6.07, 6.45) is 0. The Morgan fingerprint density at radius 3 is 2.75 bits per heavy atom. The van der Waals surface area contributed by atoms with Crippen molar-refractivity contribution in [3.8, 4) is 11.4 Å². The highest BCUT2D eigenvalue weighted by molar-refractivity contribution is 6.42. The van der Waals surface area contributed by atoms with Gasteiger partial charge in [-0.15, -0.1) is 0 Å². The van der Waals surface area contributed by atoms with E-state index in [4.69, 9.17) is 28.0 Å². The van der Waals surface area contributed by atoms with Crippen LogP contribution in [0.4, 0.5) is 5.69 Å². The van der Waals surface area contributed by atoms with Gasteiger partial charge in [-0.3, -0.25) is 10.3 Å². The predicted octanol–water partition coefficient (Wildman–Crippen LogP) is 4.51. The largest absolute Gasteiger partial charge is 0.338 e. The number of benzene rings is 2. The van der Waals surface area contributed by atoms with Gasteiger partial charge in [0.15, 0.2) is 0 Å². The molecule has 0 spiro atoms. The number of aromatic nitrogens is 2. The molecule has 1 aromatic heterocycles. The number of nitrogens with one attached hydrogen (secondary N) is 2. The molecule has 20 heavy (non-hydrogen) atoms. The van der Waals surface area contributed by atoms with Crippen LogP contribution >= 0.6 is 23.2 Å². The van der Waals surface area contributed by atoms with E-state index in [1.807, 2.05) is 24.3 Å². The molecule has 3 aromatic rings. The Labute approximate surface area is 125 Å². The van der Waals surface area contributed by atoms with Gasteiger partial charge >= 0.3 is 0 Å². The minimum atomic E-state index is 0.493. The highest BCUT2D eigenvalue weighted by Crippen LogP contribution is 2.29. The number of nitrogens with zero attached hydrogens (tertiary/aromatic N) is 1. The third-order valence-electron chi connectivity index (χ3n) is 2.88. The van der Waals surface area contributed by atoms with Crippen LogP contribution in [0, 0.1) is 0 Å². The van der Waals surface area contributed by atoms with Gasteiger partial charge in [-0.2, -0.15) is 0 Å². The predicted molar refractivity (Wildman–Crippen MR) is 82.2 cm³/mol. The molecule has 0 bridgehead atoms. The van der Waals surface area contributed by atoms with Crippen molar-refractivity contribution in [2.45, 2.75) is 0 Å². The van der Waals surface area contributed by atoms with E-state index in [-0.39, 0.29) is 0 Å². The molecule has 3 rings (SSSR count). The second kappa shape index (κ2) is 5.32. The summed E-state index contributed by atoms with van der Waals surface area (Å²) < 4.78 is 0. The first-order valence-electron chi connectivity index (χ1n) is 5.91. The first-order chi connectivity index (χ1) is 9.67. The summed E-state index contributed by atoms with van der Waals surface area (Å²) >= 11 is 12.0. The minimum absolute atomic E-state index is 0.493. The van der Waals surface area contributed by atoms with Crippen molar-refractivity contribution in [1.82, 2.24) is 9.97 Å². The van der Waals surface area contributed by atoms with Gasteiger partial charge in [0.05, 0.1) is 33.9 Å². The van der Waals surface area contributed by atoms with Gasteiger partial charge in [-0.05, 0) is 24.3 Å². The molecule has 0 saturated carbocycles. The summed E-state index contributed by atoms with van der Waals surface area (Å²) in [5.41, 5.74) is 6.20. The lowest BCUT2D eigenvalue weighted by Crippen LogP contribution is -1.95. The van der Waals surface area contributed by atoms with Gasteiger partial charge in [0.2, 0.25) is 0 Å². The van der Waals surface area contributed by atoms with Crippen molar-refractivity contribution >= 4 is 39.9 Å². The van der Waals surface area contributed by atoms with Gasteiger partial charge in [-0.1, -0.05) is 35.3 Å². The van der Waals surface area contributed by atoms with Crippen molar-refractivity contribution in [2.24, 2.45) is 0 Å². The second-order valence-corrected chi connectivity index (χ2v) is 5.07. The molecule has 0 radical (unpaired) electrons. The van der Waals surface area contributed by atoms with Crippen LogP contribution < -0.4 is 5.48 Å². The Hall–Kier alpha value is -1.75. The molecule has 0 saturated heterocycles. The van der Waals surface area contributed by atoms with Crippen LogP contribution in [0.2, 0.25) is 10.0 Å². The van der Waals surface area contributed by atoms with E-state index in [1.54, 1.807) is 19.2 Å². The van der Waals surface area contributed by atoms with Crippen molar-refractivity contribution in [1.29, 1.82) is 0 Å². The average Bonchev–Trinajstić information content (AvgIpc) is 2.83. The summed E-state index contributed by atoms with van der Waals surface area (Å²) in [5, 5.41) is 0.996. The quantitative estimate of drug-likeness (QED) is 0.700. The molecule has 0 amide bonds. The maximum absolute atomic E-state index is 6.00. The molecular weight excluding hydrogens is 297 g/mol. The molecule has 2 N–H and O–H groups in total. The summed E-state index contributed by atoms with van der Waals surface area (Å²) in [4.78, 5) is 12.6. The molecule has 1 heterocycles. The summed E-state index contributed by atoms with van der Waals surface area (Å²) in [6.45, 7) is 0. The third kappa shape index (κ3) is 2.45. The van der Waals surface area contributed by atoms with E-state index < -0.39 is 0 Å². The molecule has 0 unspecified atom stereocenters. The van der Waals surface area contributed by atoms with Gasteiger partial charge in [0.1, 0.15) is 5.82 Å². The van der Waals surface area contributed by atoms with E-state index in [1.165, 1.54) is 0 Å². The Morgan fingerprint density at radius 1 is 1.15 bits per heavy atom. The van der Waals surface area contributed by atoms with Crippen LogP contribution in [0.1, 0.15) is 0 Å². The van der Waals surface area contributed by atoms with Gasteiger partial charge < -0.3 is 4.98 Å². The summed E-state index contributed by atoms with van der Waals surface area (Å²) in [6, 6.07) is 11.2. The van der Waals surface area contributed by atoms with E-state index in [0.717, 1.165) is 28.1 Å². The molecule has 6 heteroatoms. The van der Waals surface area contributed by atoms with Crippen molar-refractivity contribution in [3.05, 3.63) is 46.4 Å². The van der Waals surface area contributed by atoms with Crippen LogP contribution in [0.5, 0.6) is 0 Å². The van der Waals surface area contributed by atoms with E-state index in [9.17, 15) is 0 Å². The van der Waals surface area contributed by atoms with Crippen molar-refractivity contribution in [2.75, 3.05) is 12.6 Å². The number of imidazole rings is 1. The number of rotatable bonds is 3. The zero-order chi connectivity index (χ0) is 14.1. The fourth-order valence-corrected chi connectivity index (χ4v) is 2.31. The monoisotopic (exact) mass is 307 g/mol. The zero-order valence-electron chi connectivity index (χ0n) is 10.6. The van der Waals surface area contributed by atoms with Gasteiger partial charge in [0.25, 0.3) is 0 Å². The Kier molecular flexibility index (Phi) is 3.53. The maximum Gasteiger partial charge on any atom is 0.138 e. The molecular formula is C14H11Cl2N3O. The Balaban J connectivity index is 2.07. The molecule has 2 aromatic carbocycles. The second-order valence-electron chi connectivity index (χ2n) is 4.26. The maximum atomic E-state index is 6.00. The number of H-pyrrole nitrogens is 1. The molecule has 4 nitrogen and oxygen atoms in total. The minimum Gasteiger partial charge on any atom is -0.338 e. The van der Waals surface area contributed by atoms with Crippen molar-refractivity contribution in [3.63, 3.8) is 0 Å². The molecule has 0 fully saturated rings. The Morgan fingerprint density at radius 2 is 1.95 bits per heavy atom. The number of fused-ring (bicyclic) bond motifs is 1. The fraction of sp³-hybridized carbons (Fsp3) is 0.0714. The van der Waals surface area contributed by atoms with Crippen LogP contribution in [-0.2, 0) is 4.84 Å². The summed E-state index contributed by atoms with van der Waals surface area (Å²) in [5.74, 6) is 0.748. The lowest BCUT2D eigenvalue weighted by molar-refractivity contribution is 0.271. The first kappa shape index (κ1) is 13.2. The number of hydrogen-bond acceptors (Lipinski definition) is 3. The van der Waals surface area contributed by atoms with Gasteiger partial charge in [0, 0.05) is 5.56 Å². The summed E-state index contributed by atoms with van der Waals surface area (Å²) in [7, 11) is 1.57. The molecule has 0 aliphatic heterocycles. The zero-order valence-corrected chi connectivity index (χ0v) is 12.1. The molecule has 0 atom stereocenters. The van der Waals surface area contributed by atoms with Crippen LogP contribution in [0.3, 0.4) is 0 Å². The average molecular weight is 308 g/mol. The van der Waals surface area contributed by atoms with E-state index in [2.05, 4.69) is 15.4 Å². The third-order valence-corrected chi connectivity index (χ3v) is 3.60. The van der Waals surface area contributed by atoms with Crippen molar-refractivity contribution < 1.29 is 4.84 Å². The van der Waals surface area contributed by atoms with Gasteiger partial charge in [-0.25, -0.2) is 4.98 Å². The topological polar surface area (TPSA) is 49.9 Å². The van der Waals surface area contributed by atoms with E-state index in [0.29, 0.717) is 10.0 Å². The number of hydrogen-bond donors (Lipinski definition) is 2. The number of halogens is 2. The van der Waals surface area contributed by atoms with E-state index >= 15 is 0 Å². The molecule has 0 aliphatic carbocycles. The highest BCUT2D eigenvalue weighted by atomic mass is 35.5. The number of anilines is 1. The Bertz CT molecular complexity index is 731. The first-order valence-corrected chi connectivity index (χ1v) is 6.67. The standard InChI is InChI=1S/C14H11Cl2N3O/c1-20-19-9-4-2-3-8(5-9)14-17-12-6-10(15)11(16)7-13(12)18-14/h2-7,19H,1H3,(H,17,18). The lowest BCUT2D eigenvalue weighted by Gasteiger charge is -2.04. The normalized spacial score (nSPS) is 10.9. The van der Waals surface area contributed by atoms with Crippen LogP contribution in [-0.4, -0.2) is 17.1 Å². The smallest absolute Gasteiger partial charge is 0.138 e. The van der Waals surface area contributed by atoms with Crippen LogP contribution in [0.15, 0.2) is 36.4 Å². The fourth-order valence-electron chi connectivity index (χ4n) is 1.99. The molecule has 102 valence electrons. The lowest BCUT2D eigenvalue weighted by atomic mass is 10.2. The highest BCUT2D eigenvalue weighted by Gasteiger charge is 2.08.